The van der Waals surface area contributed by atoms with Gasteiger partial charge < -0.3 is 11.1 Å². The van der Waals surface area contributed by atoms with E-state index in [1.807, 2.05) is 0 Å². The summed E-state index contributed by atoms with van der Waals surface area (Å²) >= 11 is 0. The summed E-state index contributed by atoms with van der Waals surface area (Å²) < 4.78 is 0. The van der Waals surface area contributed by atoms with E-state index in [1.54, 1.807) is 0 Å². The standard InChI is InChI=1S/C10H16N4O/c1-2-3-4-9(11)10(15)14-8-5-12-7-13-6-8/h5-7,9H,2-4,11H2,1H3,(H,14,15)/t9-/m0/s1. The fourth-order valence-electron chi connectivity index (χ4n) is 1.15. The molecule has 0 bridgehead atoms. The summed E-state index contributed by atoms with van der Waals surface area (Å²) in [6.45, 7) is 2.07. The highest BCUT2D eigenvalue weighted by Crippen LogP contribution is 2.04. The van der Waals surface area contributed by atoms with Crippen LogP contribution in [0.25, 0.3) is 0 Å². The minimum absolute atomic E-state index is 0.182. The van der Waals surface area contributed by atoms with Crippen molar-refractivity contribution < 1.29 is 4.79 Å². The minimum atomic E-state index is -0.454. The third-order valence-electron chi connectivity index (χ3n) is 2.03. The first-order chi connectivity index (χ1) is 7.24. The molecule has 0 aliphatic heterocycles. The molecule has 0 radical (unpaired) electrons. The van der Waals surface area contributed by atoms with Crippen molar-refractivity contribution in [3.05, 3.63) is 18.7 Å². The number of nitrogens with one attached hydrogen (secondary N) is 1. The van der Waals surface area contributed by atoms with E-state index < -0.39 is 6.04 Å². The van der Waals surface area contributed by atoms with Crippen molar-refractivity contribution in [2.75, 3.05) is 5.32 Å². The number of carbonyl (C=O) groups excluding carboxylic acids is 1. The second-order valence-corrected chi connectivity index (χ2v) is 3.37. The molecule has 0 aliphatic rings. The van der Waals surface area contributed by atoms with Crippen LogP contribution in [0.5, 0.6) is 0 Å². The molecule has 1 heterocycles. The summed E-state index contributed by atoms with van der Waals surface area (Å²) in [4.78, 5) is 19.1. The summed E-state index contributed by atoms with van der Waals surface area (Å²) in [6.07, 6.45) is 7.19. The molecule has 1 amide bonds. The van der Waals surface area contributed by atoms with Gasteiger partial charge in [0.2, 0.25) is 5.91 Å². The van der Waals surface area contributed by atoms with Crippen molar-refractivity contribution in [1.82, 2.24) is 9.97 Å². The predicted molar refractivity (Wildman–Crippen MR) is 58.2 cm³/mol. The highest BCUT2D eigenvalue weighted by atomic mass is 16.2. The van der Waals surface area contributed by atoms with E-state index in [9.17, 15) is 4.79 Å². The fourth-order valence-corrected chi connectivity index (χ4v) is 1.15. The van der Waals surface area contributed by atoms with Crippen LogP contribution in [-0.4, -0.2) is 21.9 Å². The molecule has 1 rings (SSSR count). The number of hydrogen-bond acceptors (Lipinski definition) is 4. The Hall–Kier alpha value is -1.49. The number of hydrogen-bond donors (Lipinski definition) is 2. The second-order valence-electron chi connectivity index (χ2n) is 3.37. The first-order valence-corrected chi connectivity index (χ1v) is 5.05. The van der Waals surface area contributed by atoms with Gasteiger partial charge in [0.15, 0.2) is 0 Å². The van der Waals surface area contributed by atoms with Gasteiger partial charge in [-0.15, -0.1) is 0 Å². The molecule has 15 heavy (non-hydrogen) atoms. The van der Waals surface area contributed by atoms with Crippen molar-refractivity contribution >= 4 is 11.6 Å². The van der Waals surface area contributed by atoms with E-state index in [2.05, 4.69) is 22.2 Å². The summed E-state index contributed by atoms with van der Waals surface area (Å²) in [5.41, 5.74) is 6.28. The summed E-state index contributed by atoms with van der Waals surface area (Å²) in [5, 5.41) is 2.66. The molecule has 0 spiro atoms. The monoisotopic (exact) mass is 208 g/mol. The van der Waals surface area contributed by atoms with Crippen molar-refractivity contribution in [2.24, 2.45) is 5.73 Å². The van der Waals surface area contributed by atoms with Crippen LogP contribution < -0.4 is 11.1 Å². The van der Waals surface area contributed by atoms with Crippen LogP contribution in [0, 0.1) is 0 Å². The van der Waals surface area contributed by atoms with E-state index in [-0.39, 0.29) is 5.91 Å². The Morgan fingerprint density at radius 3 is 2.80 bits per heavy atom. The minimum Gasteiger partial charge on any atom is -0.322 e. The van der Waals surface area contributed by atoms with Crippen LogP contribution in [0.2, 0.25) is 0 Å². The van der Waals surface area contributed by atoms with Crippen LogP contribution in [0.4, 0.5) is 5.69 Å². The highest BCUT2D eigenvalue weighted by Gasteiger charge is 2.12. The first kappa shape index (κ1) is 11.6. The van der Waals surface area contributed by atoms with Gasteiger partial charge >= 0.3 is 0 Å². The van der Waals surface area contributed by atoms with Gasteiger partial charge in [-0.3, -0.25) is 4.79 Å². The van der Waals surface area contributed by atoms with Gasteiger partial charge in [-0.05, 0) is 6.42 Å². The Morgan fingerprint density at radius 1 is 1.53 bits per heavy atom. The van der Waals surface area contributed by atoms with Gasteiger partial charge in [-0.2, -0.15) is 0 Å². The molecule has 1 aromatic heterocycles. The van der Waals surface area contributed by atoms with Gasteiger partial charge in [0, 0.05) is 0 Å². The van der Waals surface area contributed by atoms with Crippen LogP contribution >= 0.6 is 0 Å². The molecule has 0 fully saturated rings. The van der Waals surface area contributed by atoms with Crippen molar-refractivity contribution in [1.29, 1.82) is 0 Å². The third-order valence-corrected chi connectivity index (χ3v) is 2.03. The van der Waals surface area contributed by atoms with Gasteiger partial charge in [-0.25, -0.2) is 9.97 Å². The van der Waals surface area contributed by atoms with Crippen molar-refractivity contribution in [2.45, 2.75) is 32.2 Å². The van der Waals surface area contributed by atoms with Gasteiger partial charge in [-0.1, -0.05) is 19.8 Å². The predicted octanol–water partition coefficient (Wildman–Crippen LogP) is 0.933. The number of rotatable bonds is 5. The van der Waals surface area contributed by atoms with E-state index in [0.29, 0.717) is 12.1 Å². The average molecular weight is 208 g/mol. The smallest absolute Gasteiger partial charge is 0.241 e. The molecule has 0 aliphatic carbocycles. The number of aromatic nitrogens is 2. The number of unbranched alkanes of at least 4 members (excludes halogenated alkanes) is 1. The maximum absolute atomic E-state index is 11.5. The Morgan fingerprint density at radius 2 is 2.20 bits per heavy atom. The first-order valence-electron chi connectivity index (χ1n) is 5.05. The van der Waals surface area contributed by atoms with Crippen LogP contribution in [0.1, 0.15) is 26.2 Å². The van der Waals surface area contributed by atoms with Crippen LogP contribution in [0.3, 0.4) is 0 Å². The lowest BCUT2D eigenvalue weighted by Crippen LogP contribution is -2.35. The zero-order valence-electron chi connectivity index (χ0n) is 8.81. The molecular formula is C10H16N4O. The summed E-state index contributed by atoms with van der Waals surface area (Å²) in [6, 6.07) is -0.454. The van der Waals surface area contributed by atoms with Gasteiger partial charge in [0.1, 0.15) is 6.33 Å². The second kappa shape index (κ2) is 6.08. The Balaban J connectivity index is 2.42. The zero-order chi connectivity index (χ0) is 11.1. The lowest BCUT2D eigenvalue weighted by atomic mass is 10.1. The van der Waals surface area contributed by atoms with E-state index in [0.717, 1.165) is 12.8 Å². The third kappa shape index (κ3) is 4.03. The van der Waals surface area contributed by atoms with Crippen LogP contribution in [0.15, 0.2) is 18.7 Å². The van der Waals surface area contributed by atoms with Gasteiger partial charge in [0.05, 0.1) is 24.1 Å². The largest absolute Gasteiger partial charge is 0.322 e. The van der Waals surface area contributed by atoms with Crippen LogP contribution in [-0.2, 0) is 4.79 Å². The van der Waals surface area contributed by atoms with E-state index >= 15 is 0 Å². The topological polar surface area (TPSA) is 80.9 Å². The molecule has 0 saturated heterocycles. The summed E-state index contributed by atoms with van der Waals surface area (Å²) in [7, 11) is 0. The Labute approximate surface area is 89.1 Å². The highest BCUT2D eigenvalue weighted by molar-refractivity contribution is 5.94. The lowest BCUT2D eigenvalue weighted by molar-refractivity contribution is -0.117. The maximum atomic E-state index is 11.5. The molecular weight excluding hydrogens is 192 g/mol. The fraction of sp³-hybridized carbons (Fsp3) is 0.500. The van der Waals surface area contributed by atoms with E-state index in [4.69, 9.17) is 5.73 Å². The molecule has 0 unspecified atom stereocenters. The molecule has 5 nitrogen and oxygen atoms in total. The quantitative estimate of drug-likeness (QED) is 0.754. The Kier molecular flexibility index (Phi) is 4.70. The molecule has 82 valence electrons. The van der Waals surface area contributed by atoms with Crippen molar-refractivity contribution in [3.8, 4) is 0 Å². The number of carbonyl (C=O) groups is 1. The SMILES string of the molecule is CCCC[C@H](N)C(=O)Nc1cncnc1. The van der Waals surface area contributed by atoms with Crippen molar-refractivity contribution in [3.63, 3.8) is 0 Å². The molecule has 1 atom stereocenters. The number of anilines is 1. The number of amides is 1. The summed E-state index contributed by atoms with van der Waals surface area (Å²) in [5.74, 6) is -0.182. The van der Waals surface area contributed by atoms with E-state index in [1.165, 1.54) is 18.7 Å². The zero-order valence-corrected chi connectivity index (χ0v) is 8.81. The van der Waals surface area contributed by atoms with Gasteiger partial charge in [0.25, 0.3) is 0 Å². The number of nitrogens with zero attached hydrogens (tertiary/aromatic N) is 2. The molecule has 1 aromatic rings. The number of nitrogens with two attached hydrogens (primary N) is 1. The average Bonchev–Trinajstić information content (AvgIpc) is 2.27. The molecule has 3 N–H and O–H groups in total. The molecule has 0 aromatic carbocycles. The Bertz CT molecular complexity index is 302. The lowest BCUT2D eigenvalue weighted by Gasteiger charge is -2.10. The normalized spacial score (nSPS) is 12.1. The molecule has 5 heteroatoms. The molecule has 0 saturated carbocycles. The maximum Gasteiger partial charge on any atom is 0.241 e.